The van der Waals surface area contributed by atoms with Crippen molar-refractivity contribution in [2.75, 3.05) is 5.32 Å². The molecule has 4 aromatic rings. The molecule has 40 heavy (non-hydrogen) atoms. The minimum Gasteiger partial charge on any atom is -0.383 e. The number of aromatic nitrogens is 5. The summed E-state index contributed by atoms with van der Waals surface area (Å²) < 4.78 is 39.1. The monoisotopic (exact) mass is 569 g/mol. The Hall–Kier alpha value is -3.97. The predicted octanol–water partition coefficient (Wildman–Crippen LogP) is 5.16. The molecule has 1 aromatic carbocycles. The zero-order chi connectivity index (χ0) is 28.3. The van der Waals surface area contributed by atoms with Gasteiger partial charge in [0.15, 0.2) is 0 Å². The first-order chi connectivity index (χ1) is 19.1. The normalized spacial score (nSPS) is 19.3. The van der Waals surface area contributed by atoms with Gasteiger partial charge in [0.2, 0.25) is 11.9 Å². The van der Waals surface area contributed by atoms with Crippen LogP contribution in [0.5, 0.6) is 0 Å². The first-order valence-corrected chi connectivity index (χ1v) is 13.4. The lowest BCUT2D eigenvalue weighted by atomic mass is 9.78. The van der Waals surface area contributed by atoms with Crippen LogP contribution in [-0.4, -0.2) is 35.9 Å². The van der Waals surface area contributed by atoms with Crippen molar-refractivity contribution in [3.05, 3.63) is 77.2 Å². The fourth-order valence-corrected chi connectivity index (χ4v) is 5.70. The van der Waals surface area contributed by atoms with Crippen LogP contribution in [0.15, 0.2) is 55.4 Å². The molecule has 1 aliphatic rings. The van der Waals surface area contributed by atoms with Gasteiger partial charge in [0, 0.05) is 48.5 Å². The first-order valence-electron chi connectivity index (χ1n) is 12.6. The summed E-state index contributed by atoms with van der Waals surface area (Å²) in [6, 6.07) is 6.30. The zero-order valence-electron chi connectivity index (χ0n) is 21.4. The molecule has 1 amide bonds. The number of rotatable bonds is 7. The van der Waals surface area contributed by atoms with Gasteiger partial charge in [-0.15, -0.1) is 11.3 Å². The molecule has 0 atom stereocenters. The number of thiazole rings is 1. The van der Waals surface area contributed by atoms with Crippen molar-refractivity contribution in [3.63, 3.8) is 0 Å². The van der Waals surface area contributed by atoms with E-state index in [1.165, 1.54) is 17.7 Å². The number of hydrogen-bond acceptors (Lipinski definition) is 9. The molecule has 0 spiro atoms. The molecule has 0 radical (unpaired) electrons. The van der Waals surface area contributed by atoms with Gasteiger partial charge in [-0.3, -0.25) is 4.79 Å². The molecule has 0 unspecified atom stereocenters. The van der Waals surface area contributed by atoms with Crippen molar-refractivity contribution >= 4 is 28.9 Å². The van der Waals surface area contributed by atoms with Gasteiger partial charge in [-0.1, -0.05) is 6.07 Å². The largest absolute Gasteiger partial charge is 0.433 e. The van der Waals surface area contributed by atoms with Crippen LogP contribution >= 0.6 is 11.3 Å². The lowest BCUT2D eigenvalue weighted by Gasteiger charge is -2.33. The summed E-state index contributed by atoms with van der Waals surface area (Å²) >= 11 is 1.35. The number of hydrogen-bond donors (Lipinski definition) is 3. The Bertz CT molecular complexity index is 1490. The summed E-state index contributed by atoms with van der Waals surface area (Å²) in [5, 5.41) is 17.7. The highest BCUT2D eigenvalue weighted by molar-refractivity contribution is 7.15. The summed E-state index contributed by atoms with van der Waals surface area (Å²) in [6.07, 6.45) is 4.76. The van der Waals surface area contributed by atoms with E-state index in [1.807, 2.05) is 13.0 Å². The maximum atomic E-state index is 13.0. The number of halogens is 3. The summed E-state index contributed by atoms with van der Waals surface area (Å²) in [4.78, 5) is 33.3. The van der Waals surface area contributed by atoms with Crippen molar-refractivity contribution in [3.8, 4) is 10.4 Å². The number of nitrogens with one attached hydrogen (secondary N) is 2. The van der Waals surface area contributed by atoms with Crippen molar-refractivity contribution < 1.29 is 23.1 Å². The molecule has 13 heteroatoms. The fourth-order valence-electron chi connectivity index (χ4n) is 4.65. The number of aliphatic hydroxyl groups is 1. The van der Waals surface area contributed by atoms with Crippen LogP contribution in [0.25, 0.3) is 10.4 Å². The number of nitrogens with zero attached hydrogens (tertiary/aromatic N) is 5. The highest BCUT2D eigenvalue weighted by Gasteiger charge is 2.39. The Morgan fingerprint density at radius 1 is 1.12 bits per heavy atom. The third-order valence-electron chi connectivity index (χ3n) is 6.73. The molecule has 0 saturated heterocycles. The molecule has 3 N–H and O–H groups in total. The number of amides is 1. The number of alkyl halides is 3. The van der Waals surface area contributed by atoms with E-state index < -0.39 is 17.5 Å². The zero-order valence-corrected chi connectivity index (χ0v) is 22.3. The van der Waals surface area contributed by atoms with E-state index in [0.717, 1.165) is 33.8 Å². The van der Waals surface area contributed by atoms with Crippen molar-refractivity contribution in [1.29, 1.82) is 0 Å². The lowest BCUT2D eigenvalue weighted by Crippen LogP contribution is -2.38. The number of aryl methyl sites for hydroxylation is 1. The van der Waals surface area contributed by atoms with Gasteiger partial charge in [-0.2, -0.15) is 13.2 Å². The highest BCUT2D eigenvalue weighted by Crippen LogP contribution is 2.43. The van der Waals surface area contributed by atoms with Crippen LogP contribution in [0.1, 0.15) is 47.5 Å². The summed E-state index contributed by atoms with van der Waals surface area (Å²) in [6.45, 7) is 2.22. The number of carbonyl (C=O) groups excluding carboxylic acids is 1. The second-order valence-electron chi connectivity index (χ2n) is 9.78. The van der Waals surface area contributed by atoms with Crippen LogP contribution in [0, 0.1) is 12.8 Å². The van der Waals surface area contributed by atoms with E-state index in [2.05, 4.69) is 35.6 Å². The molecular formula is C27H26F3N7O2S. The minimum atomic E-state index is -4.57. The second kappa shape index (κ2) is 11.3. The Morgan fingerprint density at radius 2 is 1.88 bits per heavy atom. The molecule has 3 aromatic heterocycles. The first kappa shape index (κ1) is 27.6. The molecule has 3 heterocycles. The fraction of sp³-hybridized carbons (Fsp3) is 0.333. The van der Waals surface area contributed by atoms with E-state index >= 15 is 0 Å². The SMILES string of the molecule is Cc1cc(Nc2nccc(C(F)(F)F)n2)cc(-c2cnc(C3(O)CCC(C(=O)NCc4cncnc4)CC3)s2)c1. The van der Waals surface area contributed by atoms with Gasteiger partial charge in [0.25, 0.3) is 0 Å². The smallest absolute Gasteiger partial charge is 0.383 e. The Morgan fingerprint density at radius 3 is 2.60 bits per heavy atom. The number of carbonyl (C=O) groups is 1. The maximum Gasteiger partial charge on any atom is 0.433 e. The average molecular weight is 570 g/mol. The Kier molecular flexibility index (Phi) is 7.76. The van der Waals surface area contributed by atoms with E-state index in [9.17, 15) is 23.1 Å². The van der Waals surface area contributed by atoms with E-state index in [4.69, 9.17) is 0 Å². The molecule has 1 fully saturated rings. The predicted molar refractivity (Wildman–Crippen MR) is 142 cm³/mol. The molecule has 0 aliphatic heterocycles. The topological polar surface area (TPSA) is 126 Å². The molecule has 1 aliphatic carbocycles. The van der Waals surface area contributed by atoms with Crippen LogP contribution in [0.3, 0.4) is 0 Å². The van der Waals surface area contributed by atoms with Gasteiger partial charge in [0.05, 0.1) is 4.88 Å². The third-order valence-corrected chi connectivity index (χ3v) is 7.97. The average Bonchev–Trinajstić information content (AvgIpc) is 3.44. The Labute approximate surface area is 232 Å². The van der Waals surface area contributed by atoms with Crippen molar-refractivity contribution in [1.82, 2.24) is 30.2 Å². The van der Waals surface area contributed by atoms with Gasteiger partial charge < -0.3 is 15.7 Å². The number of benzene rings is 1. The third kappa shape index (κ3) is 6.42. The van der Waals surface area contributed by atoms with Crippen LogP contribution in [0.4, 0.5) is 24.8 Å². The molecular weight excluding hydrogens is 543 g/mol. The van der Waals surface area contributed by atoms with E-state index in [0.29, 0.717) is 42.9 Å². The van der Waals surface area contributed by atoms with E-state index in [-0.39, 0.29) is 17.8 Å². The van der Waals surface area contributed by atoms with Gasteiger partial charge >= 0.3 is 6.18 Å². The molecule has 5 rings (SSSR count). The van der Waals surface area contributed by atoms with Crippen molar-refractivity contribution in [2.45, 2.75) is 50.9 Å². The molecule has 9 nitrogen and oxygen atoms in total. The standard InChI is InChI=1S/C27H26F3N7O2S/c1-16-8-19(10-20(9-16)36-25-33-7-4-22(37-25)27(28,29)30)21-14-35-24(40-21)26(39)5-2-18(3-6-26)23(38)34-13-17-11-31-15-32-12-17/h4,7-12,14-15,18,39H,2-3,5-6,13H2,1H3,(H,34,38)(H,33,36,37). The maximum absolute atomic E-state index is 13.0. The highest BCUT2D eigenvalue weighted by atomic mass is 32.1. The molecule has 0 bridgehead atoms. The van der Waals surface area contributed by atoms with Crippen LogP contribution < -0.4 is 10.6 Å². The number of anilines is 2. The van der Waals surface area contributed by atoms with Crippen molar-refractivity contribution in [2.24, 2.45) is 5.92 Å². The van der Waals surface area contributed by atoms with Gasteiger partial charge in [0.1, 0.15) is 22.6 Å². The van der Waals surface area contributed by atoms with Crippen LogP contribution in [0.2, 0.25) is 0 Å². The van der Waals surface area contributed by atoms with Gasteiger partial charge in [-0.05, 0) is 61.9 Å². The molecule has 208 valence electrons. The summed E-state index contributed by atoms with van der Waals surface area (Å²) in [5.74, 6) is -0.424. The Balaban J connectivity index is 1.24. The lowest BCUT2D eigenvalue weighted by molar-refractivity contribution is -0.141. The summed E-state index contributed by atoms with van der Waals surface area (Å²) in [7, 11) is 0. The molecule has 1 saturated carbocycles. The van der Waals surface area contributed by atoms with Crippen LogP contribution in [-0.2, 0) is 23.1 Å². The minimum absolute atomic E-state index is 0.0599. The summed E-state index contributed by atoms with van der Waals surface area (Å²) in [5.41, 5.74) is 0.834. The second-order valence-corrected chi connectivity index (χ2v) is 10.8. The van der Waals surface area contributed by atoms with Gasteiger partial charge in [-0.25, -0.2) is 24.9 Å². The van der Waals surface area contributed by atoms with E-state index in [1.54, 1.807) is 30.7 Å². The quantitative estimate of drug-likeness (QED) is 0.279.